The van der Waals surface area contributed by atoms with Gasteiger partial charge in [-0.2, -0.15) is 0 Å². The highest BCUT2D eigenvalue weighted by molar-refractivity contribution is 5.93. The summed E-state index contributed by atoms with van der Waals surface area (Å²) in [7, 11) is 1.64. The van der Waals surface area contributed by atoms with E-state index in [1.807, 2.05) is 12.1 Å². The Labute approximate surface area is 142 Å². The van der Waals surface area contributed by atoms with Crippen molar-refractivity contribution in [3.8, 4) is 0 Å². The number of morpholine rings is 1. The van der Waals surface area contributed by atoms with Crippen LogP contribution in [0.3, 0.4) is 0 Å². The molecule has 2 amide bonds. The van der Waals surface area contributed by atoms with E-state index in [9.17, 15) is 4.79 Å². The summed E-state index contributed by atoms with van der Waals surface area (Å²) >= 11 is 0. The van der Waals surface area contributed by atoms with Crippen molar-refractivity contribution in [2.45, 2.75) is 26.0 Å². The first-order valence-electron chi connectivity index (χ1n) is 8.46. The molecule has 3 rings (SSSR count). The zero-order valence-corrected chi connectivity index (χ0v) is 14.3. The van der Waals surface area contributed by atoms with E-state index < -0.39 is 0 Å². The van der Waals surface area contributed by atoms with Gasteiger partial charge in [0.15, 0.2) is 0 Å². The number of nitrogens with zero attached hydrogens (tertiary/aromatic N) is 2. The molecule has 0 bridgehead atoms. The first-order chi connectivity index (χ1) is 11.7. The number of fused-ring (bicyclic) bond motifs is 1. The first-order valence-corrected chi connectivity index (χ1v) is 8.46. The third kappa shape index (κ3) is 3.71. The van der Waals surface area contributed by atoms with E-state index in [4.69, 9.17) is 9.47 Å². The molecule has 1 fully saturated rings. The average Bonchev–Trinajstić information content (AvgIpc) is 2.98. The van der Waals surface area contributed by atoms with Gasteiger partial charge in [-0.05, 0) is 30.7 Å². The van der Waals surface area contributed by atoms with Gasteiger partial charge in [0.25, 0.3) is 0 Å². The Morgan fingerprint density at radius 1 is 1.42 bits per heavy atom. The lowest BCUT2D eigenvalue weighted by Gasteiger charge is -2.32. The van der Waals surface area contributed by atoms with Crippen LogP contribution in [0, 0.1) is 0 Å². The lowest BCUT2D eigenvalue weighted by Crippen LogP contribution is -2.48. The summed E-state index contributed by atoms with van der Waals surface area (Å²) in [5, 5.41) is 4.13. The SMILES string of the molecule is CCCn1ccc2cc(NC(=O)N3CCO[C@@H](COC)C3)ccc21. The van der Waals surface area contributed by atoms with Gasteiger partial charge >= 0.3 is 6.03 Å². The van der Waals surface area contributed by atoms with Gasteiger partial charge in [0, 0.05) is 43.0 Å². The van der Waals surface area contributed by atoms with Gasteiger partial charge < -0.3 is 24.3 Å². The summed E-state index contributed by atoms with van der Waals surface area (Å²) in [5.41, 5.74) is 2.01. The number of amides is 2. The van der Waals surface area contributed by atoms with E-state index in [-0.39, 0.29) is 12.1 Å². The van der Waals surface area contributed by atoms with Crippen LogP contribution in [-0.2, 0) is 16.0 Å². The molecule has 2 heterocycles. The van der Waals surface area contributed by atoms with Gasteiger partial charge in [-0.3, -0.25) is 0 Å². The van der Waals surface area contributed by atoms with E-state index >= 15 is 0 Å². The highest BCUT2D eigenvalue weighted by Gasteiger charge is 2.24. The zero-order chi connectivity index (χ0) is 16.9. The molecule has 130 valence electrons. The van der Waals surface area contributed by atoms with Gasteiger partial charge in [-0.15, -0.1) is 0 Å². The summed E-state index contributed by atoms with van der Waals surface area (Å²) in [6, 6.07) is 8.04. The number of carbonyl (C=O) groups is 1. The summed E-state index contributed by atoms with van der Waals surface area (Å²) < 4.78 is 12.9. The van der Waals surface area contributed by atoms with Crippen LogP contribution in [0.5, 0.6) is 0 Å². The van der Waals surface area contributed by atoms with Crippen LogP contribution in [0.1, 0.15) is 13.3 Å². The maximum absolute atomic E-state index is 12.5. The van der Waals surface area contributed by atoms with Crippen LogP contribution < -0.4 is 5.32 Å². The molecule has 0 aliphatic carbocycles. The Hall–Kier alpha value is -2.05. The summed E-state index contributed by atoms with van der Waals surface area (Å²) in [5.74, 6) is 0. The maximum Gasteiger partial charge on any atom is 0.322 e. The molecule has 6 nitrogen and oxygen atoms in total. The Bertz CT molecular complexity index is 696. The van der Waals surface area contributed by atoms with Crippen LogP contribution in [0.2, 0.25) is 0 Å². The highest BCUT2D eigenvalue weighted by Crippen LogP contribution is 2.21. The summed E-state index contributed by atoms with van der Waals surface area (Å²) in [6.07, 6.45) is 3.14. The molecule has 1 N–H and O–H groups in total. The van der Waals surface area contributed by atoms with Crippen molar-refractivity contribution in [1.82, 2.24) is 9.47 Å². The number of nitrogens with one attached hydrogen (secondary N) is 1. The smallest absolute Gasteiger partial charge is 0.322 e. The molecule has 1 aliphatic rings. The number of methoxy groups -OCH3 is 1. The van der Waals surface area contributed by atoms with Crippen molar-refractivity contribution in [2.24, 2.45) is 0 Å². The summed E-state index contributed by atoms with van der Waals surface area (Å²) in [6.45, 7) is 5.36. The van der Waals surface area contributed by atoms with E-state index in [0.29, 0.717) is 26.3 Å². The van der Waals surface area contributed by atoms with E-state index in [1.165, 1.54) is 5.52 Å². The second kappa shape index (κ2) is 7.68. The number of aryl methyl sites for hydroxylation is 1. The molecule has 0 unspecified atom stereocenters. The Balaban J connectivity index is 1.66. The summed E-state index contributed by atoms with van der Waals surface area (Å²) in [4.78, 5) is 14.3. The van der Waals surface area contributed by atoms with Gasteiger partial charge in [0.1, 0.15) is 0 Å². The molecular formula is C18H25N3O3. The molecular weight excluding hydrogens is 306 g/mol. The quantitative estimate of drug-likeness (QED) is 0.916. The fourth-order valence-electron chi connectivity index (χ4n) is 3.11. The van der Waals surface area contributed by atoms with Crippen molar-refractivity contribution in [2.75, 3.05) is 38.7 Å². The van der Waals surface area contributed by atoms with Crippen molar-refractivity contribution in [3.63, 3.8) is 0 Å². The molecule has 1 aromatic heterocycles. The molecule has 24 heavy (non-hydrogen) atoms. The van der Waals surface area contributed by atoms with Crippen LogP contribution in [-0.4, -0.2) is 55.0 Å². The van der Waals surface area contributed by atoms with E-state index in [0.717, 1.165) is 24.0 Å². The number of rotatable bonds is 5. The number of aromatic nitrogens is 1. The first kappa shape index (κ1) is 16.8. The van der Waals surface area contributed by atoms with Crippen molar-refractivity contribution >= 4 is 22.6 Å². The molecule has 1 aliphatic heterocycles. The molecule has 0 radical (unpaired) electrons. The minimum atomic E-state index is -0.0910. The predicted molar refractivity (Wildman–Crippen MR) is 94.4 cm³/mol. The number of hydrogen-bond acceptors (Lipinski definition) is 3. The Morgan fingerprint density at radius 2 is 2.29 bits per heavy atom. The number of ether oxygens (including phenoxy) is 2. The third-order valence-electron chi connectivity index (χ3n) is 4.27. The normalized spacial score (nSPS) is 18.1. The minimum absolute atomic E-state index is 0.0555. The molecule has 6 heteroatoms. The van der Waals surface area contributed by atoms with Gasteiger partial charge in [0.2, 0.25) is 0 Å². The largest absolute Gasteiger partial charge is 0.382 e. The molecule has 0 saturated carbocycles. The fraction of sp³-hybridized carbons (Fsp3) is 0.500. The average molecular weight is 331 g/mol. The molecule has 1 atom stereocenters. The Kier molecular flexibility index (Phi) is 5.37. The van der Waals surface area contributed by atoms with Crippen LogP contribution in [0.15, 0.2) is 30.5 Å². The lowest BCUT2D eigenvalue weighted by atomic mass is 10.2. The zero-order valence-electron chi connectivity index (χ0n) is 14.3. The molecule has 1 aromatic carbocycles. The van der Waals surface area contributed by atoms with Gasteiger partial charge in [0.05, 0.1) is 25.9 Å². The molecule has 2 aromatic rings. The number of hydrogen-bond donors (Lipinski definition) is 1. The molecule has 1 saturated heterocycles. The van der Waals surface area contributed by atoms with Crippen molar-refractivity contribution < 1.29 is 14.3 Å². The maximum atomic E-state index is 12.5. The number of urea groups is 1. The van der Waals surface area contributed by atoms with Crippen molar-refractivity contribution in [1.29, 1.82) is 0 Å². The van der Waals surface area contributed by atoms with Gasteiger partial charge in [-0.1, -0.05) is 6.92 Å². The van der Waals surface area contributed by atoms with Gasteiger partial charge in [-0.25, -0.2) is 4.79 Å². The fourth-order valence-corrected chi connectivity index (χ4v) is 3.11. The lowest BCUT2D eigenvalue weighted by molar-refractivity contribution is -0.0481. The molecule has 0 spiro atoms. The second-order valence-corrected chi connectivity index (χ2v) is 6.11. The van der Waals surface area contributed by atoms with Crippen molar-refractivity contribution in [3.05, 3.63) is 30.5 Å². The van der Waals surface area contributed by atoms with Crippen LogP contribution in [0.25, 0.3) is 10.9 Å². The highest BCUT2D eigenvalue weighted by atomic mass is 16.5. The number of benzene rings is 1. The van der Waals surface area contributed by atoms with E-state index in [1.54, 1.807) is 12.0 Å². The second-order valence-electron chi connectivity index (χ2n) is 6.11. The van der Waals surface area contributed by atoms with E-state index in [2.05, 4.69) is 35.1 Å². The predicted octanol–water partition coefficient (Wildman–Crippen LogP) is 2.93. The third-order valence-corrected chi connectivity index (χ3v) is 4.27. The topological polar surface area (TPSA) is 55.7 Å². The monoisotopic (exact) mass is 331 g/mol. The van der Waals surface area contributed by atoms with Crippen LogP contribution in [0.4, 0.5) is 10.5 Å². The number of anilines is 1. The Morgan fingerprint density at radius 3 is 3.08 bits per heavy atom. The van der Waals surface area contributed by atoms with Crippen LogP contribution >= 0.6 is 0 Å². The standard InChI is InChI=1S/C18H25N3O3/c1-3-7-20-8-6-14-11-15(4-5-17(14)20)19-18(22)21-9-10-24-16(12-21)13-23-2/h4-6,8,11,16H,3,7,9-10,12-13H2,1-2H3,(H,19,22)/t16-/m1/s1. The number of carbonyl (C=O) groups excluding carboxylic acids is 1. The minimum Gasteiger partial charge on any atom is -0.382 e.